The van der Waals surface area contributed by atoms with Crippen LogP contribution in [0.4, 0.5) is 0 Å². The molecule has 1 N–H and O–H groups in total. The largest absolute Gasteiger partial charge is 0.491 e. The predicted molar refractivity (Wildman–Crippen MR) is 95.6 cm³/mol. The van der Waals surface area contributed by atoms with E-state index in [0.29, 0.717) is 17.3 Å². The van der Waals surface area contributed by atoms with Gasteiger partial charge in [0.15, 0.2) is 6.10 Å². The minimum Gasteiger partial charge on any atom is -0.491 e. The van der Waals surface area contributed by atoms with Crippen molar-refractivity contribution in [2.24, 2.45) is 0 Å². The Labute approximate surface area is 147 Å². The van der Waals surface area contributed by atoms with Gasteiger partial charge < -0.3 is 14.8 Å². The van der Waals surface area contributed by atoms with Crippen molar-refractivity contribution >= 4 is 17.5 Å². The van der Waals surface area contributed by atoms with Crippen LogP contribution in [-0.2, 0) is 11.3 Å². The maximum absolute atomic E-state index is 12.2. The molecule has 2 aromatic rings. The fourth-order valence-corrected chi connectivity index (χ4v) is 2.30. The van der Waals surface area contributed by atoms with Crippen molar-refractivity contribution in [3.63, 3.8) is 0 Å². The molecule has 128 valence electrons. The third-order valence-electron chi connectivity index (χ3n) is 3.25. The number of para-hydroxylation sites is 1. The highest BCUT2D eigenvalue weighted by Gasteiger charge is 2.15. The molecule has 2 aromatic carbocycles. The molecular weight excluding hydrogens is 326 g/mol. The zero-order chi connectivity index (χ0) is 17.5. The first-order valence-corrected chi connectivity index (χ1v) is 8.28. The highest BCUT2D eigenvalue weighted by molar-refractivity contribution is 6.32. The van der Waals surface area contributed by atoms with Gasteiger partial charge in [0, 0.05) is 6.54 Å². The Morgan fingerprint density at radius 3 is 2.54 bits per heavy atom. The minimum absolute atomic E-state index is 0.110. The van der Waals surface area contributed by atoms with E-state index in [1.54, 1.807) is 19.1 Å². The van der Waals surface area contributed by atoms with Crippen molar-refractivity contribution in [3.05, 3.63) is 59.1 Å². The monoisotopic (exact) mass is 347 g/mol. The second-order valence-electron chi connectivity index (χ2n) is 5.72. The first kappa shape index (κ1) is 18.1. The zero-order valence-corrected chi connectivity index (χ0v) is 14.8. The molecule has 0 bridgehead atoms. The quantitative estimate of drug-likeness (QED) is 0.816. The summed E-state index contributed by atoms with van der Waals surface area (Å²) in [5, 5.41) is 3.34. The molecule has 0 aliphatic carbocycles. The molecule has 0 saturated carbocycles. The van der Waals surface area contributed by atoms with Gasteiger partial charge >= 0.3 is 0 Å². The molecule has 0 aliphatic rings. The van der Waals surface area contributed by atoms with Gasteiger partial charge in [0.25, 0.3) is 5.91 Å². The molecule has 1 amide bonds. The number of nitrogens with one attached hydrogen (secondary N) is 1. The Balaban J connectivity index is 1.89. The Hall–Kier alpha value is -2.20. The zero-order valence-electron chi connectivity index (χ0n) is 14.1. The van der Waals surface area contributed by atoms with Crippen LogP contribution in [0.2, 0.25) is 5.02 Å². The number of rotatable bonds is 7. The van der Waals surface area contributed by atoms with Gasteiger partial charge in [0.2, 0.25) is 0 Å². The number of amides is 1. The van der Waals surface area contributed by atoms with Gasteiger partial charge in [-0.1, -0.05) is 35.9 Å². The molecule has 4 nitrogen and oxygen atoms in total. The smallest absolute Gasteiger partial charge is 0.261 e. The van der Waals surface area contributed by atoms with Crippen molar-refractivity contribution < 1.29 is 14.3 Å². The second kappa shape index (κ2) is 8.60. The van der Waals surface area contributed by atoms with E-state index >= 15 is 0 Å². The highest BCUT2D eigenvalue weighted by Crippen LogP contribution is 2.24. The number of ether oxygens (including phenoxy) is 2. The molecule has 5 heteroatoms. The summed E-state index contributed by atoms with van der Waals surface area (Å²) in [6.07, 6.45) is -0.529. The van der Waals surface area contributed by atoms with Crippen LogP contribution in [0.5, 0.6) is 11.5 Å². The summed E-state index contributed by atoms with van der Waals surface area (Å²) >= 11 is 6.03. The van der Waals surface area contributed by atoms with E-state index in [0.717, 1.165) is 11.3 Å². The first-order valence-electron chi connectivity index (χ1n) is 7.90. The van der Waals surface area contributed by atoms with Crippen LogP contribution in [0.25, 0.3) is 0 Å². The Morgan fingerprint density at radius 2 is 1.83 bits per heavy atom. The van der Waals surface area contributed by atoms with Crippen molar-refractivity contribution in [2.45, 2.75) is 39.5 Å². The van der Waals surface area contributed by atoms with E-state index in [9.17, 15) is 4.79 Å². The number of hydrogen-bond donors (Lipinski definition) is 1. The molecule has 24 heavy (non-hydrogen) atoms. The van der Waals surface area contributed by atoms with Gasteiger partial charge in [-0.2, -0.15) is 0 Å². The van der Waals surface area contributed by atoms with E-state index in [1.165, 1.54) is 0 Å². The summed E-state index contributed by atoms with van der Waals surface area (Å²) in [6.45, 7) is 6.05. The van der Waals surface area contributed by atoms with Crippen LogP contribution >= 0.6 is 11.6 Å². The third kappa shape index (κ3) is 5.46. The molecule has 0 fully saturated rings. The van der Waals surface area contributed by atoms with E-state index < -0.39 is 6.10 Å². The standard InChI is InChI=1S/C19H22ClNO3/c1-13(2)23-16-8-6-7-15(11-16)12-21-19(22)14(3)24-18-10-5-4-9-17(18)20/h4-11,13-14H,12H2,1-3H3,(H,21,22)/t14-/m0/s1. The van der Waals surface area contributed by atoms with Crippen LogP contribution in [-0.4, -0.2) is 18.1 Å². The fraction of sp³-hybridized carbons (Fsp3) is 0.316. The van der Waals surface area contributed by atoms with Crippen molar-refractivity contribution in [2.75, 3.05) is 0 Å². The van der Waals surface area contributed by atoms with Crippen molar-refractivity contribution in [1.29, 1.82) is 0 Å². The number of hydrogen-bond acceptors (Lipinski definition) is 3. The molecule has 0 radical (unpaired) electrons. The summed E-state index contributed by atoms with van der Waals surface area (Å²) < 4.78 is 11.3. The lowest BCUT2D eigenvalue weighted by Crippen LogP contribution is -2.35. The van der Waals surface area contributed by atoms with Crippen LogP contribution in [0.15, 0.2) is 48.5 Å². The van der Waals surface area contributed by atoms with Crippen molar-refractivity contribution in [3.8, 4) is 11.5 Å². The lowest BCUT2D eigenvalue weighted by atomic mass is 10.2. The van der Waals surface area contributed by atoms with Gasteiger partial charge in [0.05, 0.1) is 11.1 Å². The Morgan fingerprint density at radius 1 is 1.08 bits per heavy atom. The van der Waals surface area contributed by atoms with Gasteiger partial charge in [-0.05, 0) is 50.6 Å². The predicted octanol–water partition coefficient (Wildman–Crippen LogP) is 4.21. The number of halogens is 1. The van der Waals surface area contributed by atoms with Gasteiger partial charge in [0.1, 0.15) is 11.5 Å². The average molecular weight is 348 g/mol. The molecule has 2 rings (SSSR count). The maximum Gasteiger partial charge on any atom is 0.261 e. The summed E-state index contributed by atoms with van der Waals surface area (Å²) in [5.74, 6) is 1.08. The molecule has 0 aromatic heterocycles. The Bertz CT molecular complexity index is 688. The lowest BCUT2D eigenvalue weighted by Gasteiger charge is -2.16. The first-order chi connectivity index (χ1) is 11.5. The van der Waals surface area contributed by atoms with Crippen LogP contribution in [0.1, 0.15) is 26.3 Å². The topological polar surface area (TPSA) is 47.6 Å². The number of carbonyl (C=O) groups is 1. The van der Waals surface area contributed by atoms with Gasteiger partial charge in [-0.3, -0.25) is 4.79 Å². The van der Waals surface area contributed by atoms with Gasteiger partial charge in [-0.15, -0.1) is 0 Å². The van der Waals surface area contributed by atoms with E-state index in [1.807, 2.05) is 50.2 Å². The molecule has 0 heterocycles. The summed E-state index contributed by atoms with van der Waals surface area (Å²) in [4.78, 5) is 12.2. The fourth-order valence-electron chi connectivity index (χ4n) is 2.12. The van der Waals surface area contributed by atoms with Crippen LogP contribution in [0, 0.1) is 0 Å². The van der Waals surface area contributed by atoms with E-state index in [2.05, 4.69) is 5.32 Å². The van der Waals surface area contributed by atoms with E-state index in [4.69, 9.17) is 21.1 Å². The average Bonchev–Trinajstić information content (AvgIpc) is 2.54. The van der Waals surface area contributed by atoms with Crippen LogP contribution in [0.3, 0.4) is 0 Å². The Kier molecular flexibility index (Phi) is 6.50. The molecule has 0 unspecified atom stereocenters. The molecular formula is C19H22ClNO3. The summed E-state index contributed by atoms with van der Waals surface area (Å²) in [6, 6.07) is 14.7. The maximum atomic E-state index is 12.2. The summed E-state index contributed by atoms with van der Waals surface area (Å²) in [7, 11) is 0. The third-order valence-corrected chi connectivity index (χ3v) is 3.56. The molecule has 1 atom stereocenters. The van der Waals surface area contributed by atoms with Gasteiger partial charge in [-0.25, -0.2) is 0 Å². The second-order valence-corrected chi connectivity index (χ2v) is 6.13. The highest BCUT2D eigenvalue weighted by atomic mass is 35.5. The van der Waals surface area contributed by atoms with E-state index in [-0.39, 0.29) is 12.0 Å². The number of carbonyl (C=O) groups excluding carboxylic acids is 1. The minimum atomic E-state index is -0.639. The number of benzene rings is 2. The molecule has 0 aliphatic heterocycles. The van der Waals surface area contributed by atoms with Crippen LogP contribution < -0.4 is 14.8 Å². The van der Waals surface area contributed by atoms with Crippen molar-refractivity contribution in [1.82, 2.24) is 5.32 Å². The lowest BCUT2D eigenvalue weighted by molar-refractivity contribution is -0.127. The molecule has 0 spiro atoms. The normalized spacial score (nSPS) is 11.9. The summed E-state index contributed by atoms with van der Waals surface area (Å²) in [5.41, 5.74) is 0.964. The molecule has 0 saturated heterocycles. The SMILES string of the molecule is CC(C)Oc1cccc(CNC(=O)[C@H](C)Oc2ccccc2Cl)c1.